The normalized spacial score (nSPS) is 15.8. The average molecular weight is 231 g/mol. The van der Waals surface area contributed by atoms with E-state index in [0.29, 0.717) is 0 Å². The molecule has 0 fully saturated rings. The standard InChI is InChI=1S/C9H7N.2V/c1-2-4-9-7-10-6-5-8(9)3-1;;/h1-4,10H,5H2;;. The molecule has 1 nitrogen and oxygen atoms in total. The molecule has 0 saturated heterocycles. The quantitative estimate of drug-likeness (QED) is 0.686. The average Bonchev–Trinajstić information content (AvgIpc) is 2.04. The first-order valence-electron chi connectivity index (χ1n) is 3.73. The van der Waals surface area contributed by atoms with E-state index < -0.39 is 0 Å². The van der Waals surface area contributed by atoms with Crippen molar-refractivity contribution in [2.75, 3.05) is 0 Å². The van der Waals surface area contributed by atoms with Crippen molar-refractivity contribution in [1.29, 1.82) is 0 Å². The third-order valence-corrected chi connectivity index (χ3v) is 2.87. The molecule has 0 amide bonds. The molecule has 2 rings (SSSR count). The molecule has 1 aliphatic heterocycles. The Morgan fingerprint density at radius 2 is 1.92 bits per heavy atom. The number of hydrogen-bond acceptors (Lipinski definition) is 1. The summed E-state index contributed by atoms with van der Waals surface area (Å²) in [7, 11) is 0. The van der Waals surface area contributed by atoms with Gasteiger partial charge in [0.2, 0.25) is 0 Å². The predicted octanol–water partition coefficient (Wildman–Crippen LogP) is 0.534. The summed E-state index contributed by atoms with van der Waals surface area (Å²) in [6.07, 6.45) is 1.03. The van der Waals surface area contributed by atoms with Gasteiger partial charge in [-0.2, -0.15) is 0 Å². The fraction of sp³-hybridized carbons (Fsp3) is 0.111. The van der Waals surface area contributed by atoms with Crippen molar-refractivity contribution in [2.45, 2.75) is 6.42 Å². The van der Waals surface area contributed by atoms with E-state index >= 15 is 0 Å². The summed E-state index contributed by atoms with van der Waals surface area (Å²) in [5.74, 6) is 0. The maximum atomic E-state index is 3.31. The summed E-state index contributed by atoms with van der Waals surface area (Å²) < 4.78 is 2.46. The van der Waals surface area contributed by atoms with E-state index in [0.717, 1.165) is 6.42 Å². The van der Waals surface area contributed by atoms with Crippen LogP contribution in [0.5, 0.6) is 0 Å². The summed E-state index contributed by atoms with van der Waals surface area (Å²) in [5, 5.41) is 3.31. The van der Waals surface area contributed by atoms with Crippen LogP contribution in [0.25, 0.3) is 0 Å². The van der Waals surface area contributed by atoms with Gasteiger partial charge in [0.25, 0.3) is 0 Å². The molecule has 12 heavy (non-hydrogen) atoms. The summed E-state index contributed by atoms with van der Waals surface area (Å²) >= 11 is 5.15. The van der Waals surface area contributed by atoms with Gasteiger partial charge in [0.05, 0.1) is 0 Å². The SMILES string of the molecule is [V]=[C]1Cc2ccccc2[C](=[V])N1. The minimum atomic E-state index is 1.03. The van der Waals surface area contributed by atoms with Crippen LogP contribution in [0.1, 0.15) is 11.1 Å². The van der Waals surface area contributed by atoms with Crippen molar-refractivity contribution in [2.24, 2.45) is 0 Å². The van der Waals surface area contributed by atoms with Crippen molar-refractivity contribution >= 4 is 8.70 Å². The summed E-state index contributed by atoms with van der Waals surface area (Å²) in [4.78, 5) is 0. The molecule has 1 N–H and O–H groups in total. The van der Waals surface area contributed by atoms with Crippen molar-refractivity contribution in [3.05, 3.63) is 35.4 Å². The molecule has 0 unspecified atom stereocenters. The Balaban J connectivity index is 2.54. The Bertz CT molecular complexity index is 357. The van der Waals surface area contributed by atoms with Crippen LogP contribution in [0, 0.1) is 0 Å². The molecule has 0 radical (unpaired) electrons. The van der Waals surface area contributed by atoms with Gasteiger partial charge >= 0.3 is 89.8 Å². The number of nitrogens with one attached hydrogen (secondary N) is 1. The first-order valence-corrected chi connectivity index (χ1v) is 5.13. The van der Waals surface area contributed by atoms with Crippen molar-refractivity contribution in [1.82, 2.24) is 5.32 Å². The summed E-state index contributed by atoms with van der Waals surface area (Å²) in [5.41, 5.74) is 2.73. The zero-order valence-electron chi connectivity index (χ0n) is 6.41. The number of benzene rings is 1. The van der Waals surface area contributed by atoms with Gasteiger partial charge in [-0.3, -0.25) is 0 Å². The topological polar surface area (TPSA) is 12.0 Å². The van der Waals surface area contributed by atoms with Crippen LogP contribution in [0.3, 0.4) is 0 Å². The number of hydrogen-bond donors (Lipinski definition) is 1. The zero-order chi connectivity index (χ0) is 8.55. The first-order chi connectivity index (χ1) is 5.77. The molecular weight excluding hydrogens is 224 g/mol. The molecule has 0 aliphatic carbocycles. The molecule has 1 aromatic carbocycles. The van der Waals surface area contributed by atoms with Gasteiger partial charge < -0.3 is 0 Å². The van der Waals surface area contributed by atoms with Gasteiger partial charge in [-0.05, 0) is 0 Å². The first kappa shape index (κ1) is 8.68. The second kappa shape index (κ2) is 3.45. The third kappa shape index (κ3) is 1.56. The van der Waals surface area contributed by atoms with E-state index in [2.05, 4.69) is 63.5 Å². The molecule has 1 heterocycles. The summed E-state index contributed by atoms with van der Waals surface area (Å²) in [6.45, 7) is 0. The second-order valence-corrected chi connectivity index (χ2v) is 4.30. The molecular formula is C9H7NV2. The Morgan fingerprint density at radius 1 is 1.17 bits per heavy atom. The van der Waals surface area contributed by atoms with E-state index in [4.69, 9.17) is 0 Å². The second-order valence-electron chi connectivity index (χ2n) is 2.75. The van der Waals surface area contributed by atoms with Crippen LogP contribution in [-0.4, -0.2) is 8.70 Å². The van der Waals surface area contributed by atoms with Crippen LogP contribution < -0.4 is 5.32 Å². The monoisotopic (exact) mass is 231 g/mol. The molecule has 0 bridgehead atoms. The zero-order valence-corrected chi connectivity index (χ0v) is 9.20. The van der Waals surface area contributed by atoms with Crippen LogP contribution in [0.15, 0.2) is 24.3 Å². The third-order valence-electron chi connectivity index (χ3n) is 1.89. The van der Waals surface area contributed by atoms with Crippen LogP contribution in [0.2, 0.25) is 0 Å². The molecule has 0 atom stereocenters. The van der Waals surface area contributed by atoms with Gasteiger partial charge in [0.15, 0.2) is 0 Å². The number of fused-ring (bicyclic) bond motifs is 1. The van der Waals surface area contributed by atoms with E-state index in [1.54, 1.807) is 0 Å². The summed E-state index contributed by atoms with van der Waals surface area (Å²) in [6, 6.07) is 8.49. The molecule has 3 heteroatoms. The van der Waals surface area contributed by atoms with Gasteiger partial charge in [-0.1, -0.05) is 0 Å². The van der Waals surface area contributed by atoms with E-state index in [9.17, 15) is 0 Å². The molecule has 1 aromatic rings. The molecule has 0 aromatic heterocycles. The van der Waals surface area contributed by atoms with E-state index in [1.807, 2.05) is 0 Å². The fourth-order valence-electron chi connectivity index (χ4n) is 1.33. The van der Waals surface area contributed by atoms with Gasteiger partial charge in [0, 0.05) is 0 Å². The van der Waals surface area contributed by atoms with E-state index in [-0.39, 0.29) is 0 Å². The Morgan fingerprint density at radius 3 is 2.75 bits per heavy atom. The van der Waals surface area contributed by atoms with Gasteiger partial charge in [0.1, 0.15) is 0 Å². The fourth-order valence-corrected chi connectivity index (χ4v) is 2.55. The van der Waals surface area contributed by atoms with Crippen LogP contribution in [-0.2, 0) is 40.4 Å². The van der Waals surface area contributed by atoms with Crippen molar-refractivity contribution in [3.8, 4) is 0 Å². The Hall–Kier alpha value is 0.0888. The maximum absolute atomic E-state index is 3.31. The van der Waals surface area contributed by atoms with Crippen LogP contribution in [0.4, 0.5) is 0 Å². The number of rotatable bonds is 0. The van der Waals surface area contributed by atoms with Crippen LogP contribution >= 0.6 is 0 Å². The Labute approximate surface area is 89.5 Å². The molecule has 0 spiro atoms. The van der Waals surface area contributed by atoms with Crippen molar-refractivity contribution < 1.29 is 34.0 Å². The minimum absolute atomic E-state index is 1.03. The van der Waals surface area contributed by atoms with Gasteiger partial charge in [-0.25, -0.2) is 0 Å². The molecule has 58 valence electrons. The molecule has 1 aliphatic rings. The molecule has 0 saturated carbocycles. The predicted molar refractivity (Wildman–Crippen MR) is 42.4 cm³/mol. The Kier molecular flexibility index (Phi) is 2.49. The van der Waals surface area contributed by atoms with Crippen molar-refractivity contribution in [3.63, 3.8) is 0 Å². The van der Waals surface area contributed by atoms with Gasteiger partial charge in [-0.15, -0.1) is 0 Å². The van der Waals surface area contributed by atoms with E-state index in [1.165, 1.54) is 19.8 Å².